The second-order valence-corrected chi connectivity index (χ2v) is 6.21. The number of hydrogen-bond donors (Lipinski definition) is 1. The average molecular weight is 350 g/mol. The quantitative estimate of drug-likeness (QED) is 0.860. The predicted octanol–water partition coefficient (Wildman–Crippen LogP) is 3.39. The van der Waals surface area contributed by atoms with Gasteiger partial charge >= 0.3 is 0 Å². The highest BCUT2D eigenvalue weighted by molar-refractivity contribution is 6.31. The molecule has 0 spiro atoms. The zero-order chi connectivity index (χ0) is 16.7. The molecule has 2 atom stereocenters. The van der Waals surface area contributed by atoms with Gasteiger partial charge in [-0.15, -0.1) is 0 Å². The molecule has 24 heavy (non-hydrogen) atoms. The predicted molar refractivity (Wildman–Crippen MR) is 86.5 cm³/mol. The first-order valence-corrected chi connectivity index (χ1v) is 7.86. The molecule has 2 aliphatic rings. The molecular formula is C17H14ClF2N3O. The highest BCUT2D eigenvalue weighted by Crippen LogP contribution is 2.59. The van der Waals surface area contributed by atoms with Gasteiger partial charge in [0.2, 0.25) is 0 Å². The first-order valence-electron chi connectivity index (χ1n) is 7.49. The van der Waals surface area contributed by atoms with E-state index in [1.165, 1.54) is 12.1 Å². The fraction of sp³-hybridized carbons (Fsp3) is 0.235. The summed E-state index contributed by atoms with van der Waals surface area (Å²) in [5.41, 5.74) is 0.126. The number of ether oxygens (including phenoxy) is 1. The van der Waals surface area contributed by atoms with Crippen molar-refractivity contribution in [1.82, 2.24) is 10.3 Å². The molecule has 0 radical (unpaired) electrons. The molecule has 1 saturated heterocycles. The van der Waals surface area contributed by atoms with Crippen molar-refractivity contribution in [2.75, 3.05) is 13.2 Å². The molecule has 0 aliphatic carbocycles. The smallest absolute Gasteiger partial charge is 0.146 e. The highest BCUT2D eigenvalue weighted by Gasteiger charge is 2.61. The molecule has 0 amide bonds. The Morgan fingerprint density at radius 1 is 1.29 bits per heavy atom. The molecule has 4 nitrogen and oxygen atoms in total. The van der Waals surface area contributed by atoms with Gasteiger partial charge in [0, 0.05) is 22.2 Å². The van der Waals surface area contributed by atoms with Gasteiger partial charge in [-0.2, -0.15) is 5.10 Å². The number of nitrogens with one attached hydrogen (secondary N) is 1. The van der Waals surface area contributed by atoms with E-state index in [9.17, 15) is 8.78 Å². The molecule has 2 aromatic carbocycles. The Labute approximate surface area is 142 Å². The lowest BCUT2D eigenvalue weighted by atomic mass is 9.91. The van der Waals surface area contributed by atoms with Crippen molar-refractivity contribution >= 4 is 17.9 Å². The van der Waals surface area contributed by atoms with E-state index in [1.807, 2.05) is 18.2 Å². The van der Waals surface area contributed by atoms with Crippen molar-refractivity contribution in [3.8, 4) is 0 Å². The number of epoxide rings is 1. The Balaban J connectivity index is 1.74. The Hall–Kier alpha value is -2.18. The fourth-order valence-electron chi connectivity index (χ4n) is 3.10. The fourth-order valence-corrected chi connectivity index (χ4v) is 3.33. The van der Waals surface area contributed by atoms with E-state index < -0.39 is 23.3 Å². The van der Waals surface area contributed by atoms with E-state index in [1.54, 1.807) is 17.4 Å². The second-order valence-electron chi connectivity index (χ2n) is 5.80. The lowest BCUT2D eigenvalue weighted by molar-refractivity contribution is 0.195. The summed E-state index contributed by atoms with van der Waals surface area (Å²) >= 11 is 6.27. The average Bonchev–Trinajstić information content (AvgIpc) is 3.01. The van der Waals surface area contributed by atoms with Gasteiger partial charge in [0.25, 0.3) is 0 Å². The molecule has 1 fully saturated rings. The minimum absolute atomic E-state index is 0.302. The van der Waals surface area contributed by atoms with Crippen molar-refractivity contribution < 1.29 is 13.5 Å². The van der Waals surface area contributed by atoms with Crippen LogP contribution in [0.4, 0.5) is 8.78 Å². The van der Waals surface area contributed by atoms with Crippen LogP contribution in [0, 0.1) is 11.6 Å². The maximum Gasteiger partial charge on any atom is 0.146 e. The first kappa shape index (κ1) is 15.4. The molecule has 2 heterocycles. The number of rotatable bonds is 4. The van der Waals surface area contributed by atoms with E-state index >= 15 is 0 Å². The van der Waals surface area contributed by atoms with E-state index in [-0.39, 0.29) is 0 Å². The molecule has 4 rings (SSSR count). The molecule has 2 aliphatic heterocycles. The standard InChI is InChI=1S/C17H14ClF2N3O/c18-14-4-2-1-3-12(14)16-17(24-16,8-23-10-21-9-22-23)13-6-5-11(19)7-15(13)20/h1-7,9,16H,8,10H2,(H,21,22)/t16-,17-/m0/s1. The van der Waals surface area contributed by atoms with Gasteiger partial charge in [-0.05, 0) is 12.1 Å². The summed E-state index contributed by atoms with van der Waals surface area (Å²) in [6, 6.07) is 10.8. The summed E-state index contributed by atoms with van der Waals surface area (Å²) in [6.45, 7) is 0.831. The highest BCUT2D eigenvalue weighted by atomic mass is 35.5. The van der Waals surface area contributed by atoms with Crippen LogP contribution >= 0.6 is 11.6 Å². The minimum Gasteiger partial charge on any atom is -0.356 e. The van der Waals surface area contributed by atoms with E-state index in [0.717, 1.165) is 11.6 Å². The second kappa shape index (κ2) is 5.72. The normalized spacial score (nSPS) is 25.0. The largest absolute Gasteiger partial charge is 0.356 e. The Morgan fingerprint density at radius 2 is 2.12 bits per heavy atom. The third-order valence-corrected chi connectivity index (χ3v) is 4.62. The van der Waals surface area contributed by atoms with Gasteiger partial charge in [0.05, 0.1) is 6.54 Å². The zero-order valence-electron chi connectivity index (χ0n) is 12.5. The van der Waals surface area contributed by atoms with Crippen LogP contribution in [-0.4, -0.2) is 24.6 Å². The van der Waals surface area contributed by atoms with Crippen LogP contribution in [0.3, 0.4) is 0 Å². The number of benzene rings is 2. The summed E-state index contributed by atoms with van der Waals surface area (Å²) in [5.74, 6) is -1.26. The summed E-state index contributed by atoms with van der Waals surface area (Å²) in [5, 5.41) is 9.42. The number of halogens is 3. The van der Waals surface area contributed by atoms with Crippen molar-refractivity contribution in [3.05, 3.63) is 70.2 Å². The number of hydrazone groups is 1. The van der Waals surface area contributed by atoms with Crippen molar-refractivity contribution in [3.63, 3.8) is 0 Å². The molecule has 7 heteroatoms. The van der Waals surface area contributed by atoms with Crippen LogP contribution in [0.25, 0.3) is 0 Å². The van der Waals surface area contributed by atoms with E-state index in [0.29, 0.717) is 23.8 Å². The van der Waals surface area contributed by atoms with Crippen molar-refractivity contribution in [2.45, 2.75) is 11.7 Å². The van der Waals surface area contributed by atoms with Crippen LogP contribution in [0.2, 0.25) is 5.02 Å². The monoisotopic (exact) mass is 349 g/mol. The summed E-state index contributed by atoms with van der Waals surface area (Å²) < 4.78 is 33.7. The molecule has 0 aromatic heterocycles. The Bertz CT molecular complexity index is 816. The van der Waals surface area contributed by atoms with Gasteiger partial charge < -0.3 is 10.1 Å². The van der Waals surface area contributed by atoms with Gasteiger partial charge in [-0.1, -0.05) is 35.9 Å². The molecular weight excluding hydrogens is 336 g/mol. The Morgan fingerprint density at radius 3 is 2.83 bits per heavy atom. The maximum atomic E-state index is 14.4. The minimum atomic E-state index is -0.952. The maximum absolute atomic E-state index is 14.4. The van der Waals surface area contributed by atoms with Crippen LogP contribution in [0.5, 0.6) is 0 Å². The van der Waals surface area contributed by atoms with E-state index in [4.69, 9.17) is 16.3 Å². The third-order valence-electron chi connectivity index (χ3n) is 4.27. The number of nitrogens with zero attached hydrogens (tertiary/aromatic N) is 2. The first-order chi connectivity index (χ1) is 11.6. The van der Waals surface area contributed by atoms with E-state index in [2.05, 4.69) is 10.4 Å². The van der Waals surface area contributed by atoms with Crippen molar-refractivity contribution in [1.29, 1.82) is 0 Å². The lowest BCUT2D eigenvalue weighted by Crippen LogP contribution is -2.32. The topological polar surface area (TPSA) is 40.2 Å². The molecule has 2 aromatic rings. The van der Waals surface area contributed by atoms with Gasteiger partial charge in [0.15, 0.2) is 0 Å². The zero-order valence-corrected chi connectivity index (χ0v) is 13.3. The third kappa shape index (κ3) is 2.52. The molecule has 0 saturated carbocycles. The molecule has 0 bridgehead atoms. The van der Waals surface area contributed by atoms with Crippen LogP contribution in [0.15, 0.2) is 47.6 Å². The van der Waals surface area contributed by atoms with Gasteiger partial charge in [-0.25, -0.2) is 8.78 Å². The SMILES string of the molecule is Fc1ccc([C@]2(CN3CNC=N3)O[C@H]2c2ccccc2Cl)c(F)c1. The molecule has 1 N–H and O–H groups in total. The van der Waals surface area contributed by atoms with Crippen LogP contribution in [0.1, 0.15) is 17.2 Å². The number of hydrogen-bond acceptors (Lipinski definition) is 4. The summed E-state index contributed by atoms with van der Waals surface area (Å²) in [7, 11) is 0. The summed E-state index contributed by atoms with van der Waals surface area (Å²) in [6.07, 6.45) is 1.16. The lowest BCUT2D eigenvalue weighted by Gasteiger charge is -2.21. The van der Waals surface area contributed by atoms with Crippen LogP contribution < -0.4 is 5.32 Å². The molecule has 124 valence electrons. The van der Waals surface area contributed by atoms with Gasteiger partial charge in [0.1, 0.15) is 36.3 Å². The van der Waals surface area contributed by atoms with Crippen LogP contribution in [-0.2, 0) is 10.3 Å². The molecule has 0 unspecified atom stereocenters. The van der Waals surface area contributed by atoms with Gasteiger partial charge in [-0.3, -0.25) is 5.01 Å². The Kier molecular flexibility index (Phi) is 3.66. The van der Waals surface area contributed by atoms with Crippen molar-refractivity contribution in [2.24, 2.45) is 5.10 Å². The summed E-state index contributed by atoms with van der Waals surface area (Å²) in [4.78, 5) is 0.